The molecule has 1 aliphatic carbocycles. The molecule has 43 heavy (non-hydrogen) atoms. The Morgan fingerprint density at radius 2 is 1.07 bits per heavy atom. The van der Waals surface area contributed by atoms with E-state index in [9.17, 15) is 0 Å². The highest BCUT2D eigenvalue weighted by molar-refractivity contribution is 6.23. The minimum Gasteiger partial charge on any atom is -0.253 e. The molecule has 0 saturated heterocycles. The van der Waals surface area contributed by atoms with Crippen LogP contribution in [0.5, 0.6) is 0 Å². The molecule has 0 N–H and O–H groups in total. The van der Waals surface area contributed by atoms with E-state index in [1.54, 1.807) is 0 Å². The van der Waals surface area contributed by atoms with Gasteiger partial charge in [0.2, 0.25) is 0 Å². The maximum Gasteiger partial charge on any atom is 0.0705 e. The molecule has 208 valence electrons. The van der Waals surface area contributed by atoms with Gasteiger partial charge in [0.25, 0.3) is 0 Å². The summed E-state index contributed by atoms with van der Waals surface area (Å²) in [5, 5.41) is 7.94. The summed E-state index contributed by atoms with van der Waals surface area (Å²) in [5.74, 6) is 0.665. The largest absolute Gasteiger partial charge is 0.253 e. The number of aromatic nitrogens is 1. The van der Waals surface area contributed by atoms with E-state index in [0.29, 0.717) is 5.92 Å². The van der Waals surface area contributed by atoms with Crippen molar-refractivity contribution in [1.82, 2.24) is 4.98 Å². The Hall–Kier alpha value is -4.75. The highest BCUT2D eigenvalue weighted by Gasteiger charge is 2.22. The SMILES string of the molecule is Cc1cccc(-c2cccc(-c3c4ccccc4c(-c4ccc(C5CCCCC5)c5ccccc45)c4ccccc34)c2)n1. The molecule has 0 atom stereocenters. The zero-order valence-electron chi connectivity index (χ0n) is 24.7. The van der Waals surface area contributed by atoms with E-state index in [0.717, 1.165) is 17.0 Å². The Bertz CT molecular complexity index is 2070. The number of nitrogens with zero attached hydrogens (tertiary/aromatic N) is 1. The Labute approximate surface area is 253 Å². The van der Waals surface area contributed by atoms with Gasteiger partial charge in [0.1, 0.15) is 0 Å². The van der Waals surface area contributed by atoms with Crippen molar-refractivity contribution in [3.05, 3.63) is 139 Å². The lowest BCUT2D eigenvalue weighted by molar-refractivity contribution is 0.445. The molecule has 1 heteroatoms. The minimum atomic E-state index is 0.665. The van der Waals surface area contributed by atoms with Crippen LogP contribution in [0.3, 0.4) is 0 Å². The Morgan fingerprint density at radius 3 is 1.74 bits per heavy atom. The third kappa shape index (κ3) is 4.51. The van der Waals surface area contributed by atoms with Crippen LogP contribution in [0.15, 0.2) is 127 Å². The molecular formula is C42H35N. The molecule has 6 aromatic carbocycles. The first-order valence-electron chi connectivity index (χ1n) is 15.8. The molecule has 1 aromatic heterocycles. The minimum absolute atomic E-state index is 0.665. The van der Waals surface area contributed by atoms with Crippen molar-refractivity contribution in [1.29, 1.82) is 0 Å². The van der Waals surface area contributed by atoms with E-state index >= 15 is 0 Å². The van der Waals surface area contributed by atoms with E-state index in [2.05, 4.69) is 134 Å². The predicted octanol–water partition coefficient (Wildman–Crippen LogP) is 11.9. The normalized spacial score (nSPS) is 14.1. The Morgan fingerprint density at radius 1 is 0.488 bits per heavy atom. The third-order valence-corrected chi connectivity index (χ3v) is 9.54. The highest BCUT2D eigenvalue weighted by Crippen LogP contribution is 2.47. The molecule has 0 amide bonds. The average molecular weight is 554 g/mol. The second-order valence-corrected chi connectivity index (χ2v) is 12.2. The van der Waals surface area contributed by atoms with Gasteiger partial charge in [0.05, 0.1) is 5.69 Å². The number of rotatable bonds is 4. The van der Waals surface area contributed by atoms with Gasteiger partial charge < -0.3 is 0 Å². The Kier molecular flexibility index (Phi) is 6.52. The molecule has 1 saturated carbocycles. The standard InChI is InChI=1S/C42H35N/c1-28-13-11-24-40(43-28)30-16-12-17-31(27-30)41-35-20-7-9-22-37(35)42(38-23-10-8-21-36(38)41)39-26-25-32(29-14-3-2-4-15-29)33-18-5-6-19-34(33)39/h5-13,16-27,29H,2-4,14-15H2,1H3. The molecule has 0 radical (unpaired) electrons. The van der Waals surface area contributed by atoms with Crippen molar-refractivity contribution < 1.29 is 0 Å². The molecule has 1 aliphatic rings. The summed E-state index contributed by atoms with van der Waals surface area (Å²) in [5.41, 5.74) is 9.88. The van der Waals surface area contributed by atoms with Gasteiger partial charge >= 0.3 is 0 Å². The van der Waals surface area contributed by atoms with Crippen molar-refractivity contribution in [3.8, 4) is 33.5 Å². The van der Waals surface area contributed by atoms with Crippen LogP contribution < -0.4 is 0 Å². The summed E-state index contributed by atoms with van der Waals surface area (Å²) in [6.07, 6.45) is 6.68. The fourth-order valence-corrected chi connectivity index (χ4v) is 7.58. The number of hydrogen-bond acceptors (Lipinski definition) is 1. The van der Waals surface area contributed by atoms with Crippen LogP contribution in [0.25, 0.3) is 65.8 Å². The first-order chi connectivity index (χ1) is 21.3. The van der Waals surface area contributed by atoms with Crippen LogP contribution >= 0.6 is 0 Å². The van der Waals surface area contributed by atoms with Gasteiger partial charge in [-0.3, -0.25) is 4.98 Å². The van der Waals surface area contributed by atoms with Crippen LogP contribution in [0, 0.1) is 6.92 Å². The van der Waals surface area contributed by atoms with Crippen molar-refractivity contribution in [2.45, 2.75) is 44.9 Å². The molecule has 0 aliphatic heterocycles. The number of pyridine rings is 1. The van der Waals surface area contributed by atoms with Gasteiger partial charge in [-0.1, -0.05) is 128 Å². The van der Waals surface area contributed by atoms with Crippen molar-refractivity contribution >= 4 is 32.3 Å². The molecule has 7 aromatic rings. The molecule has 1 heterocycles. The number of fused-ring (bicyclic) bond motifs is 3. The second-order valence-electron chi connectivity index (χ2n) is 12.2. The monoisotopic (exact) mass is 553 g/mol. The fourth-order valence-electron chi connectivity index (χ4n) is 7.58. The smallest absolute Gasteiger partial charge is 0.0705 e. The summed E-state index contributed by atoms with van der Waals surface area (Å²) in [6.45, 7) is 2.05. The summed E-state index contributed by atoms with van der Waals surface area (Å²) in [7, 11) is 0. The molecule has 0 unspecified atom stereocenters. The number of hydrogen-bond donors (Lipinski definition) is 0. The van der Waals surface area contributed by atoms with E-state index < -0.39 is 0 Å². The van der Waals surface area contributed by atoms with Crippen LogP contribution in [0.2, 0.25) is 0 Å². The lowest BCUT2D eigenvalue weighted by Gasteiger charge is -2.25. The maximum atomic E-state index is 4.83. The van der Waals surface area contributed by atoms with E-state index in [-0.39, 0.29) is 0 Å². The topological polar surface area (TPSA) is 12.9 Å². The number of aryl methyl sites for hydroxylation is 1. The van der Waals surface area contributed by atoms with E-state index in [4.69, 9.17) is 4.98 Å². The molecule has 1 fully saturated rings. The van der Waals surface area contributed by atoms with E-state index in [1.807, 2.05) is 0 Å². The van der Waals surface area contributed by atoms with Gasteiger partial charge in [0.15, 0.2) is 0 Å². The lowest BCUT2D eigenvalue weighted by Crippen LogP contribution is -2.05. The van der Waals surface area contributed by atoms with Crippen molar-refractivity contribution in [2.75, 3.05) is 0 Å². The first-order valence-corrected chi connectivity index (χ1v) is 15.8. The van der Waals surface area contributed by atoms with Gasteiger partial charge in [-0.15, -0.1) is 0 Å². The quantitative estimate of drug-likeness (QED) is 0.198. The summed E-state index contributed by atoms with van der Waals surface area (Å²) < 4.78 is 0. The highest BCUT2D eigenvalue weighted by atomic mass is 14.7. The average Bonchev–Trinajstić information content (AvgIpc) is 3.07. The molecule has 0 spiro atoms. The first kappa shape index (κ1) is 25.9. The molecular weight excluding hydrogens is 518 g/mol. The van der Waals surface area contributed by atoms with Crippen LogP contribution in [0.4, 0.5) is 0 Å². The lowest BCUT2D eigenvalue weighted by atomic mass is 9.79. The van der Waals surface area contributed by atoms with Crippen molar-refractivity contribution in [2.24, 2.45) is 0 Å². The third-order valence-electron chi connectivity index (χ3n) is 9.54. The zero-order valence-corrected chi connectivity index (χ0v) is 24.7. The summed E-state index contributed by atoms with van der Waals surface area (Å²) in [4.78, 5) is 4.83. The van der Waals surface area contributed by atoms with Crippen molar-refractivity contribution in [3.63, 3.8) is 0 Å². The predicted molar refractivity (Wildman–Crippen MR) is 184 cm³/mol. The maximum absolute atomic E-state index is 4.83. The number of benzene rings is 6. The second kappa shape index (κ2) is 10.8. The van der Waals surface area contributed by atoms with Gasteiger partial charge in [-0.2, -0.15) is 0 Å². The summed E-state index contributed by atoms with van der Waals surface area (Å²) in [6, 6.07) is 47.1. The summed E-state index contributed by atoms with van der Waals surface area (Å²) >= 11 is 0. The fraction of sp³-hybridized carbons (Fsp3) is 0.167. The van der Waals surface area contributed by atoms with Crippen LogP contribution in [-0.2, 0) is 0 Å². The van der Waals surface area contributed by atoms with Gasteiger partial charge in [0, 0.05) is 11.3 Å². The van der Waals surface area contributed by atoms with Crippen LogP contribution in [-0.4, -0.2) is 4.98 Å². The Balaban J connectivity index is 1.40. The molecule has 1 nitrogen and oxygen atoms in total. The van der Waals surface area contributed by atoms with Gasteiger partial charge in [-0.05, 0) is 104 Å². The zero-order chi connectivity index (χ0) is 28.8. The molecule has 0 bridgehead atoms. The van der Waals surface area contributed by atoms with Gasteiger partial charge in [-0.25, -0.2) is 0 Å². The molecule has 8 rings (SSSR count). The van der Waals surface area contributed by atoms with Crippen LogP contribution in [0.1, 0.15) is 49.3 Å². The van der Waals surface area contributed by atoms with E-state index in [1.165, 1.54) is 92.2 Å².